The normalized spacial score (nSPS) is 14.7. The highest BCUT2D eigenvalue weighted by atomic mass is 16.5. The first-order valence-corrected chi connectivity index (χ1v) is 11.3. The van der Waals surface area contributed by atoms with E-state index in [0.29, 0.717) is 54.6 Å². The van der Waals surface area contributed by atoms with E-state index >= 15 is 0 Å². The average molecular weight is 473 g/mol. The minimum Gasteiger partial charge on any atom is -0.494 e. The molecule has 10 heteroatoms. The van der Waals surface area contributed by atoms with Crippen LogP contribution in [0.2, 0.25) is 0 Å². The molecule has 0 atom stereocenters. The zero-order chi connectivity index (χ0) is 24.5. The minimum absolute atomic E-state index is 0.0314. The predicted molar refractivity (Wildman–Crippen MR) is 126 cm³/mol. The van der Waals surface area contributed by atoms with Gasteiger partial charge in [0.05, 0.1) is 13.3 Å². The lowest BCUT2D eigenvalue weighted by Gasteiger charge is -2.39. The first-order chi connectivity index (χ1) is 17.0. The molecule has 1 aliphatic carbocycles. The lowest BCUT2D eigenvalue weighted by Crippen LogP contribution is -2.54. The number of likely N-dealkylation sites (tertiary alicyclic amines) is 1. The SMILES string of the molecule is COc1cnc(-n2cnc(C)n2)c2c1C(C(=O)C(=O)NCC1CN(C(=O)c3ccccc3)C1)=CC2. The molecule has 0 unspecified atom stereocenters. The van der Waals surface area contributed by atoms with Gasteiger partial charge in [-0.3, -0.25) is 14.4 Å². The third-order valence-corrected chi connectivity index (χ3v) is 6.21. The molecule has 5 rings (SSSR count). The summed E-state index contributed by atoms with van der Waals surface area (Å²) in [5.74, 6) is 0.303. The number of fused-ring (bicyclic) bond motifs is 1. The van der Waals surface area contributed by atoms with E-state index in [-0.39, 0.29) is 17.4 Å². The molecule has 1 aliphatic heterocycles. The van der Waals surface area contributed by atoms with Crippen molar-refractivity contribution in [3.05, 3.63) is 71.4 Å². The molecule has 2 amide bonds. The lowest BCUT2D eigenvalue weighted by atomic mass is 9.98. The van der Waals surface area contributed by atoms with Crippen molar-refractivity contribution in [1.82, 2.24) is 30.0 Å². The van der Waals surface area contributed by atoms with Crippen molar-refractivity contribution in [2.24, 2.45) is 5.92 Å². The Morgan fingerprint density at radius 1 is 1.14 bits per heavy atom. The first-order valence-electron chi connectivity index (χ1n) is 11.3. The quantitative estimate of drug-likeness (QED) is 0.516. The van der Waals surface area contributed by atoms with Gasteiger partial charge in [-0.1, -0.05) is 24.3 Å². The molecule has 1 saturated heterocycles. The average Bonchev–Trinajstić information content (AvgIpc) is 3.49. The van der Waals surface area contributed by atoms with Crippen LogP contribution in [0.1, 0.15) is 27.3 Å². The molecule has 2 aromatic heterocycles. The Balaban J connectivity index is 1.23. The first kappa shape index (κ1) is 22.5. The van der Waals surface area contributed by atoms with Crippen LogP contribution >= 0.6 is 0 Å². The number of ether oxygens (including phenoxy) is 1. The number of aromatic nitrogens is 4. The van der Waals surface area contributed by atoms with E-state index in [2.05, 4.69) is 20.4 Å². The van der Waals surface area contributed by atoms with Gasteiger partial charge in [0.25, 0.3) is 17.6 Å². The van der Waals surface area contributed by atoms with Crippen LogP contribution in [0.4, 0.5) is 0 Å². The van der Waals surface area contributed by atoms with Gasteiger partial charge in [0.15, 0.2) is 5.82 Å². The van der Waals surface area contributed by atoms with Gasteiger partial charge in [0, 0.05) is 47.8 Å². The highest BCUT2D eigenvalue weighted by Crippen LogP contribution is 2.37. The molecule has 0 spiro atoms. The second-order valence-electron chi connectivity index (χ2n) is 8.54. The second kappa shape index (κ2) is 9.13. The molecule has 0 bridgehead atoms. The second-order valence-corrected chi connectivity index (χ2v) is 8.54. The minimum atomic E-state index is -0.686. The van der Waals surface area contributed by atoms with Crippen molar-refractivity contribution in [3.8, 4) is 11.6 Å². The fourth-order valence-electron chi connectivity index (χ4n) is 4.39. The molecule has 1 aromatic carbocycles. The Morgan fingerprint density at radius 2 is 1.91 bits per heavy atom. The number of methoxy groups -OCH3 is 1. The summed E-state index contributed by atoms with van der Waals surface area (Å²) in [4.78, 5) is 48.5. The summed E-state index contributed by atoms with van der Waals surface area (Å²) >= 11 is 0. The van der Waals surface area contributed by atoms with Crippen LogP contribution in [0.25, 0.3) is 11.4 Å². The van der Waals surface area contributed by atoms with Crippen LogP contribution < -0.4 is 10.1 Å². The molecular formula is C25H24N6O4. The molecule has 1 N–H and O–H groups in total. The van der Waals surface area contributed by atoms with Gasteiger partial charge >= 0.3 is 0 Å². The third-order valence-electron chi connectivity index (χ3n) is 6.21. The van der Waals surface area contributed by atoms with Gasteiger partial charge in [0.1, 0.15) is 17.9 Å². The number of nitrogens with zero attached hydrogens (tertiary/aromatic N) is 5. The molecule has 1 fully saturated rings. The van der Waals surface area contributed by atoms with E-state index in [0.717, 1.165) is 5.56 Å². The van der Waals surface area contributed by atoms with E-state index in [1.165, 1.54) is 13.3 Å². The number of nitrogens with one attached hydrogen (secondary N) is 1. The van der Waals surface area contributed by atoms with Crippen molar-refractivity contribution in [2.75, 3.05) is 26.7 Å². The zero-order valence-corrected chi connectivity index (χ0v) is 19.4. The molecule has 2 aliphatic rings. The Morgan fingerprint density at radius 3 is 2.60 bits per heavy atom. The van der Waals surface area contributed by atoms with E-state index in [9.17, 15) is 14.4 Å². The highest BCUT2D eigenvalue weighted by molar-refractivity contribution is 6.54. The third kappa shape index (κ3) is 4.18. The number of Topliss-reactive ketones (excluding diaryl/α,β-unsaturated/α-hetero) is 1. The summed E-state index contributed by atoms with van der Waals surface area (Å²) < 4.78 is 6.99. The number of carbonyl (C=O) groups excluding carboxylic acids is 3. The zero-order valence-electron chi connectivity index (χ0n) is 19.4. The number of benzene rings is 1. The van der Waals surface area contributed by atoms with Crippen molar-refractivity contribution in [2.45, 2.75) is 13.3 Å². The number of carbonyl (C=O) groups is 3. The predicted octanol–water partition coefficient (Wildman–Crippen LogP) is 1.38. The van der Waals surface area contributed by atoms with E-state index in [1.54, 1.807) is 41.0 Å². The Hall–Kier alpha value is -4.34. The maximum Gasteiger partial charge on any atom is 0.292 e. The van der Waals surface area contributed by atoms with Gasteiger partial charge in [-0.2, -0.15) is 5.10 Å². The number of hydrogen-bond donors (Lipinski definition) is 1. The number of ketones is 1. The Bertz CT molecular complexity index is 1340. The molecule has 0 radical (unpaired) electrons. The summed E-state index contributed by atoms with van der Waals surface area (Å²) in [6.45, 7) is 3.17. The summed E-state index contributed by atoms with van der Waals surface area (Å²) in [5.41, 5.74) is 2.22. The summed E-state index contributed by atoms with van der Waals surface area (Å²) in [7, 11) is 1.50. The number of hydrogen-bond acceptors (Lipinski definition) is 7. The van der Waals surface area contributed by atoms with Crippen LogP contribution in [0.5, 0.6) is 5.75 Å². The van der Waals surface area contributed by atoms with Gasteiger partial charge in [0.2, 0.25) is 0 Å². The van der Waals surface area contributed by atoms with Crippen molar-refractivity contribution in [1.29, 1.82) is 0 Å². The monoisotopic (exact) mass is 472 g/mol. The van der Waals surface area contributed by atoms with Crippen molar-refractivity contribution >= 4 is 23.2 Å². The molecular weight excluding hydrogens is 448 g/mol. The fraction of sp³-hybridized carbons (Fsp3) is 0.280. The largest absolute Gasteiger partial charge is 0.494 e. The molecule has 10 nitrogen and oxygen atoms in total. The van der Waals surface area contributed by atoms with Crippen LogP contribution in [0.3, 0.4) is 0 Å². The van der Waals surface area contributed by atoms with Crippen LogP contribution in [0.15, 0.2) is 48.9 Å². The molecule has 178 valence electrons. The van der Waals surface area contributed by atoms with E-state index < -0.39 is 11.7 Å². The number of pyridine rings is 1. The number of aryl methyl sites for hydroxylation is 1. The van der Waals surface area contributed by atoms with Gasteiger partial charge in [-0.05, 0) is 25.5 Å². The lowest BCUT2D eigenvalue weighted by molar-refractivity contribution is -0.134. The van der Waals surface area contributed by atoms with E-state index in [1.807, 2.05) is 18.2 Å². The van der Waals surface area contributed by atoms with Crippen LogP contribution in [0, 0.1) is 12.8 Å². The smallest absolute Gasteiger partial charge is 0.292 e. The van der Waals surface area contributed by atoms with Crippen LogP contribution in [-0.4, -0.2) is 69.0 Å². The number of rotatable bonds is 7. The molecule has 35 heavy (non-hydrogen) atoms. The fourth-order valence-corrected chi connectivity index (χ4v) is 4.39. The highest BCUT2D eigenvalue weighted by Gasteiger charge is 2.34. The number of amides is 2. The van der Waals surface area contributed by atoms with Gasteiger partial charge in [-0.25, -0.2) is 14.6 Å². The van der Waals surface area contributed by atoms with E-state index in [4.69, 9.17) is 4.74 Å². The standard InChI is InChI=1S/C25H24N6O4/c1-15-28-14-31(29-15)23-19-9-8-18(21(19)20(35-2)11-26-23)22(32)24(33)27-10-16-12-30(13-16)25(34)17-6-4-3-5-7-17/h3-8,11,14,16H,9-10,12-13H2,1-2H3,(H,27,33). The summed E-state index contributed by atoms with van der Waals surface area (Å²) in [6.07, 6.45) is 5.21. The Labute approximate surface area is 201 Å². The van der Waals surface area contributed by atoms with Crippen LogP contribution in [-0.2, 0) is 16.0 Å². The maximum absolute atomic E-state index is 13.0. The summed E-state index contributed by atoms with van der Waals surface area (Å²) in [5, 5.41) is 7.04. The van der Waals surface area contributed by atoms with Gasteiger partial charge < -0.3 is 15.0 Å². The molecule has 3 aromatic rings. The van der Waals surface area contributed by atoms with Crippen molar-refractivity contribution < 1.29 is 19.1 Å². The maximum atomic E-state index is 13.0. The van der Waals surface area contributed by atoms with Gasteiger partial charge in [-0.15, -0.1) is 0 Å². The summed E-state index contributed by atoms with van der Waals surface area (Å²) in [6, 6.07) is 9.08. The molecule has 0 saturated carbocycles. The topological polar surface area (TPSA) is 119 Å². The Kier molecular flexibility index (Phi) is 5.86. The number of allylic oxidation sites excluding steroid dienone is 1. The molecule has 3 heterocycles. The van der Waals surface area contributed by atoms with Crippen molar-refractivity contribution in [3.63, 3.8) is 0 Å².